The molecule has 0 fully saturated rings. The van der Waals surface area contributed by atoms with Crippen molar-refractivity contribution in [2.75, 3.05) is 5.32 Å². The molecular weight excluding hydrogens is 395 g/mol. The van der Waals surface area contributed by atoms with Crippen molar-refractivity contribution >= 4 is 11.6 Å². The summed E-state index contributed by atoms with van der Waals surface area (Å²) < 4.78 is 46.1. The highest BCUT2D eigenvalue weighted by Crippen LogP contribution is 2.32. The average Bonchev–Trinajstić information content (AvgIpc) is 3.40. The predicted molar refractivity (Wildman–Crippen MR) is 105 cm³/mol. The minimum absolute atomic E-state index is 0.00224. The van der Waals surface area contributed by atoms with Crippen LogP contribution in [0, 0.1) is 0 Å². The molecule has 0 aliphatic carbocycles. The molecule has 5 nitrogen and oxygen atoms in total. The van der Waals surface area contributed by atoms with E-state index >= 15 is 0 Å². The number of hydrogen-bond acceptors (Lipinski definition) is 3. The quantitative estimate of drug-likeness (QED) is 0.474. The van der Waals surface area contributed by atoms with Crippen molar-refractivity contribution in [3.8, 4) is 11.3 Å². The Morgan fingerprint density at radius 2 is 1.90 bits per heavy atom. The molecule has 8 heteroatoms. The first kappa shape index (κ1) is 19.5. The summed E-state index contributed by atoms with van der Waals surface area (Å²) in [6.45, 7) is 0.601. The largest absolute Gasteiger partial charge is 0.451 e. The van der Waals surface area contributed by atoms with Crippen LogP contribution in [0.3, 0.4) is 0 Å². The van der Waals surface area contributed by atoms with Crippen LogP contribution < -0.4 is 5.32 Å². The smallest absolute Gasteiger partial charge is 0.416 e. The number of halogens is 3. The molecule has 0 saturated heterocycles. The first-order chi connectivity index (χ1) is 14.4. The number of benzene rings is 2. The second kappa shape index (κ2) is 7.90. The maximum Gasteiger partial charge on any atom is 0.416 e. The van der Waals surface area contributed by atoms with E-state index in [1.54, 1.807) is 18.6 Å². The SMILES string of the molecule is O=C(Nc1cccc(Cn2ccnc2)c1)c1ccc(-c2cccc(C(F)(F)F)c2)o1. The standard InChI is InChI=1S/C22H16F3N3O2/c23-22(24,25)17-5-2-4-16(12-17)19-7-8-20(30-19)21(29)27-18-6-1-3-15(11-18)13-28-10-9-26-14-28/h1-12,14H,13H2,(H,27,29). The molecule has 0 aliphatic heterocycles. The molecule has 152 valence electrons. The first-order valence-corrected chi connectivity index (χ1v) is 9.02. The highest BCUT2D eigenvalue weighted by Gasteiger charge is 2.30. The van der Waals surface area contributed by atoms with Gasteiger partial charge in [-0.15, -0.1) is 0 Å². The van der Waals surface area contributed by atoms with Crippen LogP contribution in [0.15, 0.2) is 83.8 Å². The highest BCUT2D eigenvalue weighted by molar-refractivity contribution is 6.02. The first-order valence-electron chi connectivity index (χ1n) is 9.02. The van der Waals surface area contributed by atoms with Crippen molar-refractivity contribution < 1.29 is 22.4 Å². The van der Waals surface area contributed by atoms with Gasteiger partial charge in [0, 0.05) is 30.2 Å². The molecule has 0 saturated carbocycles. The Labute approximate surface area is 169 Å². The minimum Gasteiger partial charge on any atom is -0.451 e. The van der Waals surface area contributed by atoms with Gasteiger partial charge in [0.15, 0.2) is 5.76 Å². The summed E-state index contributed by atoms with van der Waals surface area (Å²) in [5, 5.41) is 2.74. The summed E-state index contributed by atoms with van der Waals surface area (Å²) in [6.07, 6.45) is 0.766. The molecule has 4 rings (SSSR count). The van der Waals surface area contributed by atoms with Crippen molar-refractivity contribution in [1.29, 1.82) is 0 Å². The van der Waals surface area contributed by atoms with Crippen LogP contribution in [-0.4, -0.2) is 15.5 Å². The highest BCUT2D eigenvalue weighted by atomic mass is 19.4. The number of amides is 1. The fourth-order valence-corrected chi connectivity index (χ4v) is 3.00. The number of aromatic nitrogens is 2. The Kier molecular flexibility index (Phi) is 5.14. The molecular formula is C22H16F3N3O2. The lowest BCUT2D eigenvalue weighted by Crippen LogP contribution is -2.11. The summed E-state index contributed by atoms with van der Waals surface area (Å²) in [5.41, 5.74) is 1.01. The maximum atomic E-state index is 12.9. The number of rotatable bonds is 5. The lowest BCUT2D eigenvalue weighted by atomic mass is 10.1. The molecule has 2 aromatic heterocycles. The number of imidazole rings is 1. The van der Waals surface area contributed by atoms with Gasteiger partial charge < -0.3 is 14.3 Å². The number of nitrogens with one attached hydrogen (secondary N) is 1. The molecule has 0 bridgehead atoms. The zero-order valence-corrected chi connectivity index (χ0v) is 15.6. The van der Waals surface area contributed by atoms with E-state index in [0.29, 0.717) is 12.2 Å². The van der Waals surface area contributed by atoms with Gasteiger partial charge in [-0.3, -0.25) is 4.79 Å². The van der Waals surface area contributed by atoms with E-state index in [-0.39, 0.29) is 17.1 Å². The summed E-state index contributed by atoms with van der Waals surface area (Å²) in [5.74, 6) is -0.310. The summed E-state index contributed by atoms with van der Waals surface area (Å²) in [6, 6.07) is 15.0. The van der Waals surface area contributed by atoms with Crippen molar-refractivity contribution in [3.05, 3.63) is 96.3 Å². The molecule has 30 heavy (non-hydrogen) atoms. The normalized spacial score (nSPS) is 11.4. The molecule has 0 aliphatic rings. The van der Waals surface area contributed by atoms with Crippen molar-refractivity contribution in [1.82, 2.24) is 9.55 Å². The van der Waals surface area contributed by atoms with Crippen LogP contribution in [0.2, 0.25) is 0 Å². The number of anilines is 1. The van der Waals surface area contributed by atoms with Gasteiger partial charge >= 0.3 is 6.18 Å². The van der Waals surface area contributed by atoms with Gasteiger partial charge in [0.25, 0.3) is 5.91 Å². The topological polar surface area (TPSA) is 60.1 Å². The Balaban J connectivity index is 1.49. The van der Waals surface area contributed by atoms with Gasteiger partial charge in [-0.25, -0.2) is 4.98 Å². The molecule has 0 atom stereocenters. The molecule has 4 aromatic rings. The Bertz CT molecular complexity index is 1160. The molecule has 0 unspecified atom stereocenters. The number of furan rings is 1. The Morgan fingerprint density at radius 1 is 1.07 bits per heavy atom. The van der Waals surface area contributed by atoms with E-state index in [1.807, 2.05) is 29.0 Å². The second-order valence-corrected chi connectivity index (χ2v) is 6.63. The maximum absolute atomic E-state index is 12.9. The van der Waals surface area contributed by atoms with Gasteiger partial charge in [0.2, 0.25) is 0 Å². The van der Waals surface area contributed by atoms with Gasteiger partial charge in [-0.1, -0.05) is 24.3 Å². The van der Waals surface area contributed by atoms with E-state index in [2.05, 4.69) is 10.3 Å². The molecule has 2 heterocycles. The lowest BCUT2D eigenvalue weighted by molar-refractivity contribution is -0.137. The third-order valence-corrected chi connectivity index (χ3v) is 4.41. The van der Waals surface area contributed by atoms with Crippen LogP contribution in [0.25, 0.3) is 11.3 Å². The summed E-state index contributed by atoms with van der Waals surface area (Å²) in [7, 11) is 0. The minimum atomic E-state index is -4.45. The van der Waals surface area contributed by atoms with Crippen LogP contribution in [0.4, 0.5) is 18.9 Å². The number of carbonyl (C=O) groups is 1. The van der Waals surface area contributed by atoms with Gasteiger partial charge in [-0.2, -0.15) is 13.2 Å². The number of nitrogens with zero attached hydrogens (tertiary/aromatic N) is 2. The molecule has 0 spiro atoms. The van der Waals surface area contributed by atoms with Crippen molar-refractivity contribution in [3.63, 3.8) is 0 Å². The zero-order valence-electron chi connectivity index (χ0n) is 15.6. The van der Waals surface area contributed by atoms with E-state index in [0.717, 1.165) is 17.7 Å². The van der Waals surface area contributed by atoms with Crippen molar-refractivity contribution in [2.45, 2.75) is 12.7 Å². The van der Waals surface area contributed by atoms with E-state index in [9.17, 15) is 18.0 Å². The number of alkyl halides is 3. The van der Waals surface area contributed by atoms with Crippen molar-refractivity contribution in [2.24, 2.45) is 0 Å². The van der Waals surface area contributed by atoms with Gasteiger partial charge in [0.1, 0.15) is 5.76 Å². The molecule has 1 amide bonds. The number of hydrogen-bond donors (Lipinski definition) is 1. The fourth-order valence-electron chi connectivity index (χ4n) is 3.00. The summed E-state index contributed by atoms with van der Waals surface area (Å²) in [4.78, 5) is 16.5. The predicted octanol–water partition coefficient (Wildman–Crippen LogP) is 5.46. The van der Waals surface area contributed by atoms with Crippen LogP contribution in [0.1, 0.15) is 21.7 Å². The van der Waals surface area contributed by atoms with E-state index in [1.165, 1.54) is 24.3 Å². The molecule has 2 aromatic carbocycles. The van der Waals surface area contributed by atoms with E-state index < -0.39 is 17.6 Å². The van der Waals surface area contributed by atoms with Crippen LogP contribution in [0.5, 0.6) is 0 Å². The molecule has 1 N–H and O–H groups in total. The Morgan fingerprint density at radius 3 is 2.67 bits per heavy atom. The molecule has 0 radical (unpaired) electrons. The third kappa shape index (κ3) is 4.43. The van der Waals surface area contributed by atoms with E-state index in [4.69, 9.17) is 4.42 Å². The Hall–Kier alpha value is -3.81. The third-order valence-electron chi connectivity index (χ3n) is 4.41. The fraction of sp³-hybridized carbons (Fsp3) is 0.0909. The average molecular weight is 411 g/mol. The zero-order chi connectivity index (χ0) is 21.1. The van der Waals surface area contributed by atoms with Gasteiger partial charge in [-0.05, 0) is 42.0 Å². The van der Waals surface area contributed by atoms with Gasteiger partial charge in [0.05, 0.1) is 11.9 Å². The monoisotopic (exact) mass is 411 g/mol. The lowest BCUT2D eigenvalue weighted by Gasteiger charge is -2.08. The summed E-state index contributed by atoms with van der Waals surface area (Å²) >= 11 is 0. The van der Waals surface area contributed by atoms with Crippen LogP contribution >= 0.6 is 0 Å². The van der Waals surface area contributed by atoms with Crippen LogP contribution in [-0.2, 0) is 12.7 Å². The second-order valence-electron chi connectivity index (χ2n) is 6.63. The number of carbonyl (C=O) groups excluding carboxylic acids is 1.